The summed E-state index contributed by atoms with van der Waals surface area (Å²) in [6, 6.07) is 21.7. The van der Waals surface area contributed by atoms with Gasteiger partial charge in [-0.1, -0.05) is 100 Å². The lowest BCUT2D eigenvalue weighted by molar-refractivity contribution is 0.607. The highest BCUT2D eigenvalue weighted by Gasteiger charge is 2.00. The van der Waals surface area contributed by atoms with Crippen molar-refractivity contribution in [1.82, 2.24) is 0 Å². The first-order valence-electron chi connectivity index (χ1n) is 13.2. The fourth-order valence-electron chi connectivity index (χ4n) is 3.98. The summed E-state index contributed by atoms with van der Waals surface area (Å²) < 4.78 is 14.6. The summed E-state index contributed by atoms with van der Waals surface area (Å²) in [4.78, 5) is 0. The van der Waals surface area contributed by atoms with Crippen molar-refractivity contribution in [3.05, 3.63) is 106 Å². The molecule has 3 aromatic rings. The van der Waals surface area contributed by atoms with E-state index < -0.39 is 0 Å². The summed E-state index contributed by atoms with van der Waals surface area (Å²) in [5.41, 5.74) is 5.57. The summed E-state index contributed by atoms with van der Waals surface area (Å²) in [5.74, 6) is 11.9. The molecule has 0 nitrogen and oxygen atoms in total. The van der Waals surface area contributed by atoms with Crippen LogP contribution in [0.3, 0.4) is 0 Å². The topological polar surface area (TPSA) is 0 Å². The lowest BCUT2D eigenvalue weighted by Crippen LogP contribution is -1.88. The molecular formula is C34H37F. The van der Waals surface area contributed by atoms with E-state index in [1.807, 2.05) is 30.3 Å². The molecule has 0 N–H and O–H groups in total. The van der Waals surface area contributed by atoms with Crippen molar-refractivity contribution in [2.24, 2.45) is 0 Å². The van der Waals surface area contributed by atoms with Crippen LogP contribution < -0.4 is 0 Å². The van der Waals surface area contributed by atoms with E-state index in [-0.39, 0.29) is 5.82 Å². The van der Waals surface area contributed by atoms with Gasteiger partial charge in [0, 0.05) is 16.7 Å². The average molecular weight is 465 g/mol. The normalized spacial score (nSPS) is 10.3. The van der Waals surface area contributed by atoms with Gasteiger partial charge in [0.15, 0.2) is 0 Å². The van der Waals surface area contributed by atoms with E-state index in [2.05, 4.69) is 61.8 Å². The number of hydrogen-bond donors (Lipinski definition) is 0. The fourth-order valence-corrected chi connectivity index (χ4v) is 3.98. The molecule has 0 aliphatic heterocycles. The van der Waals surface area contributed by atoms with Crippen LogP contribution in [-0.4, -0.2) is 0 Å². The summed E-state index contributed by atoms with van der Waals surface area (Å²) in [6.45, 7) is 4.45. The van der Waals surface area contributed by atoms with Crippen molar-refractivity contribution in [1.29, 1.82) is 0 Å². The van der Waals surface area contributed by atoms with Gasteiger partial charge in [-0.25, -0.2) is 4.39 Å². The number of aryl methyl sites for hydroxylation is 2. The van der Waals surface area contributed by atoms with Gasteiger partial charge >= 0.3 is 0 Å². The van der Waals surface area contributed by atoms with Crippen LogP contribution in [0.15, 0.2) is 66.7 Å². The number of hydrogen-bond acceptors (Lipinski definition) is 0. The van der Waals surface area contributed by atoms with E-state index in [0.29, 0.717) is 11.1 Å². The van der Waals surface area contributed by atoms with Crippen molar-refractivity contribution >= 4 is 0 Å². The minimum atomic E-state index is -0.334. The Hall–Kier alpha value is -3.29. The largest absolute Gasteiger partial charge is 0.206 e. The van der Waals surface area contributed by atoms with E-state index in [1.165, 1.54) is 68.6 Å². The van der Waals surface area contributed by atoms with Crippen LogP contribution in [0.1, 0.15) is 98.6 Å². The Balaban J connectivity index is 1.54. The molecule has 35 heavy (non-hydrogen) atoms. The van der Waals surface area contributed by atoms with Gasteiger partial charge in [0.05, 0.1) is 5.56 Å². The highest BCUT2D eigenvalue weighted by Crippen LogP contribution is 2.13. The first-order chi connectivity index (χ1) is 17.2. The predicted molar refractivity (Wildman–Crippen MR) is 147 cm³/mol. The second-order valence-corrected chi connectivity index (χ2v) is 9.21. The van der Waals surface area contributed by atoms with Crippen LogP contribution in [0.5, 0.6) is 0 Å². The number of benzene rings is 3. The fraction of sp³-hybridized carbons (Fsp3) is 0.353. The molecular weight excluding hydrogens is 427 g/mol. The number of rotatable bonds is 10. The van der Waals surface area contributed by atoms with Crippen molar-refractivity contribution in [3.63, 3.8) is 0 Å². The number of unbranched alkanes of at least 4 members (excludes halogenated alkanes) is 6. The van der Waals surface area contributed by atoms with Crippen molar-refractivity contribution in [3.8, 4) is 23.7 Å². The Morgan fingerprint density at radius 1 is 0.514 bits per heavy atom. The first-order valence-corrected chi connectivity index (χ1v) is 13.2. The zero-order valence-corrected chi connectivity index (χ0v) is 21.3. The van der Waals surface area contributed by atoms with Gasteiger partial charge < -0.3 is 0 Å². The molecule has 0 aromatic heterocycles. The maximum atomic E-state index is 14.6. The van der Waals surface area contributed by atoms with E-state index in [9.17, 15) is 4.39 Å². The zero-order valence-electron chi connectivity index (χ0n) is 21.3. The van der Waals surface area contributed by atoms with E-state index in [4.69, 9.17) is 0 Å². The molecule has 0 saturated heterocycles. The lowest BCUT2D eigenvalue weighted by Gasteiger charge is -2.02. The van der Waals surface area contributed by atoms with Crippen molar-refractivity contribution in [2.75, 3.05) is 0 Å². The van der Waals surface area contributed by atoms with Gasteiger partial charge in [-0.2, -0.15) is 0 Å². The van der Waals surface area contributed by atoms with E-state index in [0.717, 1.165) is 24.0 Å². The quantitative estimate of drug-likeness (QED) is 0.208. The molecule has 180 valence electrons. The number of halogens is 1. The second kappa shape index (κ2) is 14.9. The molecule has 0 radical (unpaired) electrons. The smallest absolute Gasteiger partial charge is 0.140 e. The minimum absolute atomic E-state index is 0.334. The minimum Gasteiger partial charge on any atom is -0.206 e. The monoisotopic (exact) mass is 464 g/mol. The summed E-state index contributed by atoms with van der Waals surface area (Å²) in [7, 11) is 0. The van der Waals surface area contributed by atoms with Crippen molar-refractivity contribution in [2.45, 2.75) is 78.1 Å². The van der Waals surface area contributed by atoms with Crippen molar-refractivity contribution < 1.29 is 4.39 Å². The molecule has 0 amide bonds. The van der Waals surface area contributed by atoms with Crippen LogP contribution in [0.2, 0.25) is 0 Å². The molecule has 3 rings (SSSR count). The summed E-state index contributed by atoms with van der Waals surface area (Å²) in [6.07, 6.45) is 12.5. The van der Waals surface area contributed by atoms with Crippen LogP contribution >= 0.6 is 0 Å². The third-order valence-electron chi connectivity index (χ3n) is 6.21. The SMILES string of the molecule is CCCCCCCCc1ccc(C#Cc2ccc(C#Cc3ccc(CCCC)cc3)cc2F)cc1. The Morgan fingerprint density at radius 3 is 1.60 bits per heavy atom. The van der Waals surface area contributed by atoms with Crippen LogP contribution in [0.25, 0.3) is 0 Å². The van der Waals surface area contributed by atoms with Crippen LogP contribution in [0.4, 0.5) is 4.39 Å². The highest BCUT2D eigenvalue weighted by atomic mass is 19.1. The van der Waals surface area contributed by atoms with Crippen LogP contribution in [0, 0.1) is 29.5 Å². The molecule has 1 heteroatoms. The van der Waals surface area contributed by atoms with Gasteiger partial charge in [0.1, 0.15) is 5.82 Å². The van der Waals surface area contributed by atoms with Crippen LogP contribution in [-0.2, 0) is 12.8 Å². The molecule has 0 heterocycles. The molecule has 0 unspecified atom stereocenters. The lowest BCUT2D eigenvalue weighted by atomic mass is 10.0. The standard InChI is InChI=1S/C34H37F/c1-3-5-7-8-9-10-12-29-15-19-31(20-16-29)23-25-33-26-24-32(27-34(33)35)22-21-30-17-13-28(14-18-30)11-6-4-2/h13-20,24,26-27H,3-12H2,1-2H3. The maximum Gasteiger partial charge on any atom is 0.140 e. The molecule has 0 fully saturated rings. The average Bonchev–Trinajstić information content (AvgIpc) is 2.89. The van der Waals surface area contributed by atoms with Gasteiger partial charge in [-0.3, -0.25) is 0 Å². The first kappa shape index (κ1) is 26.3. The highest BCUT2D eigenvalue weighted by molar-refractivity contribution is 5.49. The second-order valence-electron chi connectivity index (χ2n) is 9.21. The third-order valence-corrected chi connectivity index (χ3v) is 6.21. The van der Waals surface area contributed by atoms with E-state index >= 15 is 0 Å². The zero-order chi connectivity index (χ0) is 24.7. The molecule has 0 aliphatic carbocycles. The summed E-state index contributed by atoms with van der Waals surface area (Å²) >= 11 is 0. The van der Waals surface area contributed by atoms with Gasteiger partial charge in [0.2, 0.25) is 0 Å². The van der Waals surface area contributed by atoms with E-state index in [1.54, 1.807) is 6.07 Å². The summed E-state index contributed by atoms with van der Waals surface area (Å²) in [5, 5.41) is 0. The predicted octanol–water partition coefficient (Wildman–Crippen LogP) is 8.87. The Bertz CT molecular complexity index is 1160. The van der Waals surface area contributed by atoms with Gasteiger partial charge in [-0.05, 0) is 79.3 Å². The maximum absolute atomic E-state index is 14.6. The molecule has 3 aromatic carbocycles. The Kier molecular flexibility index (Phi) is 11.2. The Labute approximate surface area is 212 Å². The molecule has 0 aliphatic rings. The van der Waals surface area contributed by atoms with Gasteiger partial charge in [-0.15, -0.1) is 0 Å². The molecule has 0 saturated carbocycles. The third kappa shape index (κ3) is 9.47. The molecule has 0 spiro atoms. The molecule has 0 bridgehead atoms. The Morgan fingerprint density at radius 2 is 1.00 bits per heavy atom. The molecule has 0 atom stereocenters. The van der Waals surface area contributed by atoms with Gasteiger partial charge in [0.25, 0.3) is 0 Å².